The second-order valence-corrected chi connectivity index (χ2v) is 7.23. The highest BCUT2D eigenvalue weighted by atomic mass is 79.9. The van der Waals surface area contributed by atoms with Crippen LogP contribution in [0.25, 0.3) is 0 Å². The number of piperidine rings is 1. The van der Waals surface area contributed by atoms with Crippen molar-refractivity contribution >= 4 is 38.9 Å². The van der Waals surface area contributed by atoms with Crippen LogP contribution in [0.1, 0.15) is 17.7 Å². The Labute approximate surface area is 120 Å². The van der Waals surface area contributed by atoms with E-state index in [1.165, 1.54) is 30.8 Å². The number of hydrogen-bond donors (Lipinski definition) is 1. The summed E-state index contributed by atoms with van der Waals surface area (Å²) in [6, 6.07) is 2.15. The van der Waals surface area contributed by atoms with Gasteiger partial charge in [0.1, 0.15) is 4.34 Å². The number of thiophene rings is 1. The first kappa shape index (κ1) is 13.8. The molecule has 0 radical (unpaired) electrons. The smallest absolute Gasteiger partial charge is 0.107 e. The van der Waals surface area contributed by atoms with Gasteiger partial charge >= 0.3 is 0 Å². The van der Waals surface area contributed by atoms with E-state index in [1.54, 1.807) is 11.3 Å². The molecule has 0 amide bonds. The zero-order valence-electron chi connectivity index (χ0n) is 10.0. The van der Waals surface area contributed by atoms with Crippen LogP contribution in [0.4, 0.5) is 0 Å². The highest BCUT2D eigenvalue weighted by Gasteiger charge is 2.20. The normalized spacial score (nSPS) is 21.9. The van der Waals surface area contributed by atoms with Crippen molar-refractivity contribution < 1.29 is 0 Å². The molecule has 96 valence electrons. The highest BCUT2D eigenvalue weighted by molar-refractivity contribution is 9.10. The van der Waals surface area contributed by atoms with Crippen molar-refractivity contribution in [2.45, 2.75) is 19.4 Å². The molecule has 0 aliphatic carbocycles. The first-order valence-corrected chi connectivity index (χ1v) is 7.98. The maximum atomic E-state index is 6.07. The molecule has 1 fully saturated rings. The lowest BCUT2D eigenvalue weighted by Crippen LogP contribution is -2.38. The predicted octanol–water partition coefficient (Wildman–Crippen LogP) is 3.60. The summed E-state index contributed by atoms with van der Waals surface area (Å²) in [7, 11) is 2.04. The second-order valence-electron chi connectivity index (χ2n) is 4.64. The Hall–Kier alpha value is 0.390. The summed E-state index contributed by atoms with van der Waals surface area (Å²) < 4.78 is 1.90. The molecule has 1 aromatic heterocycles. The van der Waals surface area contributed by atoms with Gasteiger partial charge in [-0.3, -0.25) is 4.90 Å². The lowest BCUT2D eigenvalue weighted by atomic mass is 9.98. The van der Waals surface area contributed by atoms with E-state index >= 15 is 0 Å². The van der Waals surface area contributed by atoms with Gasteiger partial charge in [-0.15, -0.1) is 11.3 Å². The molecule has 2 rings (SSSR count). The van der Waals surface area contributed by atoms with Crippen LogP contribution in [-0.4, -0.2) is 31.6 Å². The first-order chi connectivity index (χ1) is 8.19. The quantitative estimate of drug-likeness (QED) is 0.903. The van der Waals surface area contributed by atoms with Crippen molar-refractivity contribution in [3.8, 4) is 0 Å². The Morgan fingerprint density at radius 1 is 1.65 bits per heavy atom. The molecule has 0 spiro atoms. The third kappa shape index (κ3) is 3.93. The van der Waals surface area contributed by atoms with E-state index in [-0.39, 0.29) is 0 Å². The first-order valence-electron chi connectivity index (χ1n) is 5.99. The molecule has 1 atom stereocenters. The Bertz CT molecular complexity index is 348. The van der Waals surface area contributed by atoms with Crippen LogP contribution in [0.2, 0.25) is 4.34 Å². The van der Waals surface area contributed by atoms with Gasteiger partial charge in [0.2, 0.25) is 0 Å². The fourth-order valence-electron chi connectivity index (χ4n) is 2.44. The topological polar surface area (TPSA) is 15.3 Å². The minimum absolute atomic E-state index is 0.799. The molecular weight excluding hydrogens is 320 g/mol. The van der Waals surface area contributed by atoms with Crippen molar-refractivity contribution in [3.63, 3.8) is 0 Å². The van der Waals surface area contributed by atoms with Crippen LogP contribution in [0, 0.1) is 5.92 Å². The molecule has 0 bridgehead atoms. The lowest BCUT2D eigenvalue weighted by Gasteiger charge is -2.32. The van der Waals surface area contributed by atoms with Gasteiger partial charge in [0, 0.05) is 22.4 Å². The summed E-state index contributed by atoms with van der Waals surface area (Å²) in [4.78, 5) is 3.90. The van der Waals surface area contributed by atoms with E-state index < -0.39 is 0 Å². The van der Waals surface area contributed by atoms with Crippen LogP contribution in [0.3, 0.4) is 0 Å². The van der Waals surface area contributed by atoms with Crippen molar-refractivity contribution in [3.05, 3.63) is 19.8 Å². The van der Waals surface area contributed by atoms with E-state index in [0.29, 0.717) is 0 Å². The molecule has 0 aromatic carbocycles. The number of nitrogens with zero attached hydrogens (tertiary/aromatic N) is 1. The van der Waals surface area contributed by atoms with Gasteiger partial charge in [-0.25, -0.2) is 0 Å². The Morgan fingerprint density at radius 3 is 3.12 bits per heavy atom. The monoisotopic (exact) mass is 336 g/mol. The van der Waals surface area contributed by atoms with Gasteiger partial charge in [0.25, 0.3) is 0 Å². The molecule has 1 N–H and O–H groups in total. The number of rotatable bonds is 4. The van der Waals surface area contributed by atoms with Crippen LogP contribution in [0.5, 0.6) is 0 Å². The fourth-order valence-corrected chi connectivity index (χ4v) is 4.27. The maximum Gasteiger partial charge on any atom is 0.107 e. The minimum Gasteiger partial charge on any atom is -0.319 e. The SMILES string of the molecule is CNCC1CCCN(Cc2cc(Br)c(Cl)s2)C1. The molecule has 2 heterocycles. The molecule has 1 aliphatic heterocycles. The molecule has 0 saturated carbocycles. The molecule has 1 saturated heterocycles. The third-order valence-electron chi connectivity index (χ3n) is 3.17. The zero-order chi connectivity index (χ0) is 12.3. The summed E-state index contributed by atoms with van der Waals surface area (Å²) in [5.74, 6) is 0.799. The van der Waals surface area contributed by atoms with E-state index in [2.05, 4.69) is 32.2 Å². The van der Waals surface area contributed by atoms with Crippen molar-refractivity contribution in [1.29, 1.82) is 0 Å². The molecule has 5 heteroatoms. The van der Waals surface area contributed by atoms with Crippen molar-refractivity contribution in [1.82, 2.24) is 10.2 Å². The third-order valence-corrected chi connectivity index (χ3v) is 5.63. The van der Waals surface area contributed by atoms with Gasteiger partial charge in [-0.1, -0.05) is 11.6 Å². The number of halogens is 2. The minimum atomic E-state index is 0.799. The average molecular weight is 338 g/mol. The molecule has 1 aliphatic rings. The maximum absolute atomic E-state index is 6.07. The van der Waals surface area contributed by atoms with Crippen molar-refractivity contribution in [2.24, 2.45) is 5.92 Å². The second kappa shape index (κ2) is 6.53. The van der Waals surface area contributed by atoms with Crippen LogP contribution >= 0.6 is 38.9 Å². The van der Waals surface area contributed by atoms with Crippen molar-refractivity contribution in [2.75, 3.05) is 26.7 Å². The summed E-state index contributed by atoms with van der Waals surface area (Å²) in [5.41, 5.74) is 0. The average Bonchev–Trinajstić information content (AvgIpc) is 2.59. The number of nitrogens with one attached hydrogen (secondary N) is 1. The van der Waals surface area contributed by atoms with E-state index in [1.807, 2.05) is 7.05 Å². The van der Waals surface area contributed by atoms with Gasteiger partial charge in [-0.05, 0) is 60.9 Å². The van der Waals surface area contributed by atoms with Gasteiger partial charge in [0.15, 0.2) is 0 Å². The van der Waals surface area contributed by atoms with Gasteiger partial charge < -0.3 is 5.32 Å². The van der Waals surface area contributed by atoms with Crippen LogP contribution in [-0.2, 0) is 6.54 Å². The Kier molecular flexibility index (Phi) is 5.30. The molecule has 2 nitrogen and oxygen atoms in total. The summed E-state index contributed by atoms with van der Waals surface area (Å²) in [6.07, 6.45) is 2.67. The molecule has 17 heavy (non-hydrogen) atoms. The van der Waals surface area contributed by atoms with E-state index in [4.69, 9.17) is 11.6 Å². The summed E-state index contributed by atoms with van der Waals surface area (Å²) >= 11 is 11.2. The van der Waals surface area contributed by atoms with E-state index in [9.17, 15) is 0 Å². The number of hydrogen-bond acceptors (Lipinski definition) is 3. The zero-order valence-corrected chi connectivity index (χ0v) is 13.2. The Morgan fingerprint density at radius 2 is 2.47 bits per heavy atom. The predicted molar refractivity (Wildman–Crippen MR) is 79.0 cm³/mol. The van der Waals surface area contributed by atoms with Gasteiger partial charge in [-0.2, -0.15) is 0 Å². The molecular formula is C12H18BrClN2S. The van der Waals surface area contributed by atoms with Gasteiger partial charge in [0.05, 0.1) is 0 Å². The lowest BCUT2D eigenvalue weighted by molar-refractivity contribution is 0.168. The number of likely N-dealkylation sites (tertiary alicyclic amines) is 1. The van der Waals surface area contributed by atoms with Crippen LogP contribution < -0.4 is 5.32 Å². The highest BCUT2D eigenvalue weighted by Crippen LogP contribution is 2.33. The van der Waals surface area contributed by atoms with Crippen LogP contribution in [0.15, 0.2) is 10.5 Å². The summed E-state index contributed by atoms with van der Waals surface area (Å²) in [6.45, 7) is 4.59. The fraction of sp³-hybridized carbons (Fsp3) is 0.667. The summed E-state index contributed by atoms with van der Waals surface area (Å²) in [5, 5.41) is 3.28. The Balaban J connectivity index is 1.90. The van der Waals surface area contributed by atoms with E-state index in [0.717, 1.165) is 27.8 Å². The molecule has 1 aromatic rings. The standard InChI is InChI=1S/C12H18BrClN2S/c1-15-6-9-3-2-4-16(7-9)8-10-5-11(13)12(14)17-10/h5,9,15H,2-4,6-8H2,1H3. The molecule has 1 unspecified atom stereocenters. The largest absolute Gasteiger partial charge is 0.319 e.